The zero-order valence-corrected chi connectivity index (χ0v) is 14.1. The van der Waals surface area contributed by atoms with Crippen molar-refractivity contribution in [2.24, 2.45) is 0 Å². The molecule has 2 N–H and O–H groups in total. The number of hydrogen-bond donors (Lipinski definition) is 2. The number of likely N-dealkylation sites (N-methyl/N-ethyl adjacent to an activating group) is 2. The van der Waals surface area contributed by atoms with E-state index in [2.05, 4.69) is 10.6 Å². The van der Waals surface area contributed by atoms with Gasteiger partial charge >= 0.3 is 0 Å². The van der Waals surface area contributed by atoms with E-state index >= 15 is 0 Å². The molecule has 0 unspecified atom stereocenters. The summed E-state index contributed by atoms with van der Waals surface area (Å²) in [5.41, 5.74) is 1.06. The highest BCUT2D eigenvalue weighted by molar-refractivity contribution is 6.30. The van der Waals surface area contributed by atoms with E-state index in [-0.39, 0.29) is 30.9 Å². The first-order valence-corrected chi connectivity index (χ1v) is 7.89. The van der Waals surface area contributed by atoms with E-state index in [1.54, 1.807) is 0 Å². The summed E-state index contributed by atoms with van der Waals surface area (Å²) in [5.74, 6) is -0.224. The van der Waals surface area contributed by atoms with Gasteiger partial charge in [-0.15, -0.1) is 0 Å². The molecule has 0 saturated carbocycles. The predicted octanol–water partition coefficient (Wildman–Crippen LogP) is 1.98. The van der Waals surface area contributed by atoms with Gasteiger partial charge < -0.3 is 15.5 Å². The Morgan fingerprint density at radius 2 is 1.86 bits per heavy atom. The topological polar surface area (TPSA) is 61.4 Å². The Hall–Kier alpha value is -1.59. The zero-order chi connectivity index (χ0) is 16.5. The molecular formula is C16H24ClN3O2. The average Bonchev–Trinajstić information content (AvgIpc) is 2.50. The van der Waals surface area contributed by atoms with Gasteiger partial charge in [0.05, 0.1) is 13.1 Å². The van der Waals surface area contributed by atoms with Crippen LogP contribution in [0.25, 0.3) is 0 Å². The number of nitrogens with one attached hydrogen (secondary N) is 2. The third-order valence-corrected chi connectivity index (χ3v) is 3.62. The number of nitrogens with zero attached hydrogens (tertiary/aromatic N) is 1. The van der Waals surface area contributed by atoms with E-state index in [4.69, 9.17) is 11.6 Å². The lowest BCUT2D eigenvalue weighted by Crippen LogP contribution is -2.44. The molecule has 0 fully saturated rings. The predicted molar refractivity (Wildman–Crippen MR) is 88.8 cm³/mol. The maximum absolute atomic E-state index is 12.2. The van der Waals surface area contributed by atoms with E-state index in [0.717, 1.165) is 5.56 Å². The van der Waals surface area contributed by atoms with Crippen LogP contribution in [-0.4, -0.2) is 42.9 Å². The molecule has 1 aromatic carbocycles. The molecule has 2 amide bonds. The van der Waals surface area contributed by atoms with E-state index in [1.165, 1.54) is 4.90 Å². The Morgan fingerprint density at radius 3 is 2.41 bits per heavy atom. The molecule has 0 aromatic heterocycles. The minimum Gasteiger partial charge on any atom is -0.355 e. The van der Waals surface area contributed by atoms with Crippen LogP contribution in [0.1, 0.15) is 32.4 Å². The van der Waals surface area contributed by atoms with Crippen molar-refractivity contribution in [2.75, 3.05) is 26.2 Å². The summed E-state index contributed by atoms with van der Waals surface area (Å²) < 4.78 is 0. The van der Waals surface area contributed by atoms with Crippen LogP contribution < -0.4 is 10.6 Å². The molecular weight excluding hydrogens is 302 g/mol. The molecule has 6 heteroatoms. The van der Waals surface area contributed by atoms with E-state index in [9.17, 15) is 9.59 Å². The number of rotatable bonds is 8. The normalized spacial score (nSPS) is 11.8. The first kappa shape index (κ1) is 18.5. The van der Waals surface area contributed by atoms with Crippen LogP contribution in [0.5, 0.6) is 0 Å². The maximum Gasteiger partial charge on any atom is 0.239 e. The minimum absolute atomic E-state index is 0.0318. The fourth-order valence-corrected chi connectivity index (χ4v) is 2.15. The van der Waals surface area contributed by atoms with E-state index in [0.29, 0.717) is 18.1 Å². The molecule has 22 heavy (non-hydrogen) atoms. The van der Waals surface area contributed by atoms with Crippen molar-refractivity contribution in [1.82, 2.24) is 15.5 Å². The number of carbonyl (C=O) groups excluding carboxylic acids is 2. The lowest BCUT2D eigenvalue weighted by atomic mass is 10.1. The Balaban J connectivity index is 2.49. The Kier molecular flexibility index (Phi) is 7.91. The monoisotopic (exact) mass is 325 g/mol. The smallest absolute Gasteiger partial charge is 0.239 e. The van der Waals surface area contributed by atoms with Gasteiger partial charge in [-0.2, -0.15) is 0 Å². The summed E-state index contributed by atoms with van der Waals surface area (Å²) in [4.78, 5) is 25.3. The highest BCUT2D eigenvalue weighted by Crippen LogP contribution is 2.15. The summed E-state index contributed by atoms with van der Waals surface area (Å²) in [5, 5.41) is 6.55. The second kappa shape index (κ2) is 9.43. The van der Waals surface area contributed by atoms with Crippen molar-refractivity contribution in [3.8, 4) is 0 Å². The number of amides is 2. The number of benzene rings is 1. The largest absolute Gasteiger partial charge is 0.355 e. The zero-order valence-electron chi connectivity index (χ0n) is 13.4. The Morgan fingerprint density at radius 1 is 1.23 bits per heavy atom. The summed E-state index contributed by atoms with van der Waals surface area (Å²) in [7, 11) is 0. The van der Waals surface area contributed by atoms with Crippen molar-refractivity contribution < 1.29 is 9.59 Å². The van der Waals surface area contributed by atoms with Crippen LogP contribution in [0.3, 0.4) is 0 Å². The van der Waals surface area contributed by atoms with Gasteiger partial charge in [-0.05, 0) is 38.5 Å². The third-order valence-electron chi connectivity index (χ3n) is 3.37. The number of hydrogen-bond acceptors (Lipinski definition) is 3. The third kappa shape index (κ3) is 6.03. The van der Waals surface area contributed by atoms with Gasteiger partial charge in [0.1, 0.15) is 0 Å². The van der Waals surface area contributed by atoms with Crippen LogP contribution >= 0.6 is 11.6 Å². The van der Waals surface area contributed by atoms with Gasteiger partial charge in [0, 0.05) is 24.2 Å². The Labute approximate surface area is 137 Å². The van der Waals surface area contributed by atoms with E-state index in [1.807, 2.05) is 45.0 Å². The lowest BCUT2D eigenvalue weighted by Gasteiger charge is -2.22. The second-order valence-electron chi connectivity index (χ2n) is 5.02. The molecule has 0 aliphatic rings. The molecule has 0 saturated heterocycles. The molecule has 0 aliphatic carbocycles. The van der Waals surface area contributed by atoms with Crippen LogP contribution in [0, 0.1) is 0 Å². The first-order valence-electron chi connectivity index (χ1n) is 7.51. The van der Waals surface area contributed by atoms with E-state index < -0.39 is 0 Å². The second-order valence-corrected chi connectivity index (χ2v) is 5.45. The van der Waals surface area contributed by atoms with Crippen molar-refractivity contribution in [3.05, 3.63) is 34.9 Å². The van der Waals surface area contributed by atoms with Gasteiger partial charge in [-0.3, -0.25) is 9.59 Å². The van der Waals surface area contributed by atoms with Crippen molar-refractivity contribution in [1.29, 1.82) is 0 Å². The van der Waals surface area contributed by atoms with Gasteiger partial charge in [0.2, 0.25) is 11.8 Å². The van der Waals surface area contributed by atoms with Crippen LogP contribution in [0.15, 0.2) is 24.3 Å². The highest BCUT2D eigenvalue weighted by Gasteiger charge is 2.16. The molecule has 1 aromatic rings. The van der Waals surface area contributed by atoms with Gasteiger partial charge in [0.25, 0.3) is 0 Å². The molecule has 1 atom stereocenters. The number of carbonyl (C=O) groups is 2. The quantitative estimate of drug-likeness (QED) is 0.768. The summed E-state index contributed by atoms with van der Waals surface area (Å²) in [6.07, 6.45) is 0. The van der Waals surface area contributed by atoms with Crippen LogP contribution in [-0.2, 0) is 9.59 Å². The molecule has 0 bridgehead atoms. The summed E-state index contributed by atoms with van der Waals surface area (Å²) >= 11 is 5.86. The van der Waals surface area contributed by atoms with Gasteiger partial charge in [-0.1, -0.05) is 23.7 Å². The Bertz CT molecular complexity index is 491. The summed E-state index contributed by atoms with van der Waals surface area (Å²) in [6, 6.07) is 7.53. The lowest BCUT2D eigenvalue weighted by molar-refractivity contribution is -0.135. The van der Waals surface area contributed by atoms with Crippen molar-refractivity contribution in [2.45, 2.75) is 26.8 Å². The van der Waals surface area contributed by atoms with Crippen LogP contribution in [0.4, 0.5) is 0 Å². The molecule has 0 heterocycles. The first-order chi connectivity index (χ1) is 10.5. The minimum atomic E-state index is -0.136. The maximum atomic E-state index is 12.2. The number of halogens is 1. The average molecular weight is 326 g/mol. The van der Waals surface area contributed by atoms with Crippen molar-refractivity contribution >= 4 is 23.4 Å². The van der Waals surface area contributed by atoms with Crippen LogP contribution in [0.2, 0.25) is 5.02 Å². The molecule has 122 valence electrons. The highest BCUT2D eigenvalue weighted by atomic mass is 35.5. The molecule has 0 radical (unpaired) electrons. The van der Waals surface area contributed by atoms with Gasteiger partial charge in [-0.25, -0.2) is 0 Å². The fourth-order valence-electron chi connectivity index (χ4n) is 2.02. The molecule has 0 spiro atoms. The fraction of sp³-hybridized carbons (Fsp3) is 0.500. The van der Waals surface area contributed by atoms with Gasteiger partial charge in [0.15, 0.2) is 0 Å². The molecule has 0 aliphatic heterocycles. The standard InChI is InChI=1S/C16H24ClN3O2/c1-4-18-15(21)11-20(5-2)16(22)10-19-12(3)13-6-8-14(17)9-7-13/h6-9,12,19H,4-5,10-11H2,1-3H3,(H,18,21)/t12-/m0/s1. The molecule has 5 nitrogen and oxygen atoms in total. The van der Waals surface area contributed by atoms with Crippen molar-refractivity contribution in [3.63, 3.8) is 0 Å². The molecule has 1 rings (SSSR count). The summed E-state index contributed by atoms with van der Waals surface area (Å²) in [6.45, 7) is 7.06. The SMILES string of the molecule is CCNC(=O)CN(CC)C(=O)CN[C@@H](C)c1ccc(Cl)cc1.